The lowest BCUT2D eigenvalue weighted by molar-refractivity contribution is -0.150. The van der Waals surface area contributed by atoms with Crippen molar-refractivity contribution in [3.8, 4) is 22.8 Å². The average molecular weight is 972 g/mol. The first-order valence-corrected chi connectivity index (χ1v) is 27.7. The van der Waals surface area contributed by atoms with E-state index in [0.29, 0.717) is 61.7 Å². The highest BCUT2D eigenvalue weighted by molar-refractivity contribution is 5.73. The van der Waals surface area contributed by atoms with Crippen LogP contribution in [0.4, 0.5) is 5.82 Å². The number of aryl methyl sites for hydroxylation is 1. The number of allylic oxidation sites excluding steroid dienone is 1. The van der Waals surface area contributed by atoms with Gasteiger partial charge in [0.05, 0.1) is 23.7 Å². The number of unbranched alkanes of at least 4 members (excludes halogenated alkanes) is 3. The smallest absolute Gasteiger partial charge is 0.309 e. The van der Waals surface area contributed by atoms with Gasteiger partial charge in [-0.25, -0.2) is 4.98 Å². The van der Waals surface area contributed by atoms with Crippen molar-refractivity contribution in [1.82, 2.24) is 9.97 Å². The molecule has 3 saturated carbocycles. The molecule has 10 nitrogen and oxygen atoms in total. The maximum absolute atomic E-state index is 13.4. The maximum Gasteiger partial charge on any atom is 0.309 e. The largest absolute Gasteiger partial charge is 0.508 e. The second-order valence-electron chi connectivity index (χ2n) is 23.0. The average Bonchev–Trinajstić information content (AvgIpc) is 4.10. The first kappa shape index (κ1) is 52.7. The topological polar surface area (TPSA) is 193 Å². The quantitative estimate of drug-likeness (QED) is 0.0354. The number of pyridine rings is 1. The number of carboxylic acids is 1. The van der Waals surface area contributed by atoms with E-state index < -0.39 is 23.6 Å². The number of H-pyrrole nitrogens is 1. The van der Waals surface area contributed by atoms with Crippen LogP contribution in [0.3, 0.4) is 0 Å². The monoisotopic (exact) mass is 972 g/mol. The van der Waals surface area contributed by atoms with Gasteiger partial charge in [0.2, 0.25) is 0 Å². The molecule has 4 aliphatic carbocycles. The van der Waals surface area contributed by atoms with Gasteiger partial charge in [-0.15, -0.1) is 0 Å². The molecule has 2 aromatic heterocycles. The van der Waals surface area contributed by atoms with Crippen LogP contribution in [0.25, 0.3) is 11.3 Å². The highest BCUT2D eigenvalue weighted by Crippen LogP contribution is 2.61. The molecule has 0 amide bonds. The number of aliphatic hydroxyl groups excluding tert-OH is 2. The number of carbonyl (C=O) groups is 1. The third kappa shape index (κ3) is 11.8. The number of anilines is 1. The van der Waals surface area contributed by atoms with Gasteiger partial charge in [-0.05, 0) is 165 Å². The van der Waals surface area contributed by atoms with Gasteiger partial charge in [0.15, 0.2) is 0 Å². The van der Waals surface area contributed by atoms with Crippen LogP contribution >= 0.6 is 0 Å². The van der Waals surface area contributed by atoms with Gasteiger partial charge in [-0.2, -0.15) is 0 Å². The van der Waals surface area contributed by atoms with Gasteiger partial charge in [0.1, 0.15) is 17.3 Å². The van der Waals surface area contributed by atoms with E-state index in [-0.39, 0.29) is 65.4 Å². The van der Waals surface area contributed by atoms with E-state index in [2.05, 4.69) is 86.2 Å². The number of aromatic amines is 1. The number of benzene rings is 2. The van der Waals surface area contributed by atoms with Gasteiger partial charge < -0.3 is 41.4 Å². The number of carboxylic acid groups (broad SMARTS) is 1. The summed E-state index contributed by atoms with van der Waals surface area (Å²) in [7, 11) is 0. The van der Waals surface area contributed by atoms with Crippen molar-refractivity contribution in [3.05, 3.63) is 106 Å². The van der Waals surface area contributed by atoms with Crippen molar-refractivity contribution in [2.24, 2.45) is 35.5 Å². The number of aliphatic carboxylic acids is 1. The highest BCUT2D eigenvalue weighted by Gasteiger charge is 2.57. The first-order chi connectivity index (χ1) is 34.1. The van der Waals surface area contributed by atoms with Crippen LogP contribution in [0.2, 0.25) is 0 Å². The summed E-state index contributed by atoms with van der Waals surface area (Å²) in [6.45, 7) is 8.67. The third-order valence-electron chi connectivity index (χ3n) is 18.3. The summed E-state index contributed by atoms with van der Waals surface area (Å²) < 4.78 is 0. The summed E-state index contributed by atoms with van der Waals surface area (Å²) in [5.74, 6) is -1.10. The molecule has 3 fully saturated rings. The number of phenolic OH excluding ortho intramolecular Hbond substituents is 2. The standard InChI is InChI=1S/C61H85N3O7/c1-5-7-8-13-39-18-21-43(54(67)31-39)14-9-10-15-44-22-23-48(52-32-41(6-2)58(64-52)50-35-47(65)36-55(68)49(50)30-40-16-19-42(20-17-40)38(3)4)51-33-46(37-61(51,71)28-24-53(66)57(44)59(69)70)60(26-11-12-27-60)45-25-29-63-56(62)34-45/h16-21,25,29,32,34-36,38-39,43-44,46,48,51,53-54,57,64-68,71H,5-15,22-24,26-28,30-31,33,37H2,1-4H3,(H2,62,63)(H,69,70)/t39-,43-,44+,46+,48-,51+,53+,54-,57+,61+/m1/s1. The van der Waals surface area contributed by atoms with Crippen LogP contribution in [-0.2, 0) is 23.1 Å². The number of aliphatic hydroxyl groups is 3. The van der Waals surface area contributed by atoms with E-state index in [1.807, 2.05) is 6.07 Å². The Labute approximate surface area is 423 Å². The fourth-order valence-corrected chi connectivity index (χ4v) is 14.3. The molecular formula is C61H85N3O7. The van der Waals surface area contributed by atoms with E-state index in [9.17, 15) is 35.4 Å². The summed E-state index contributed by atoms with van der Waals surface area (Å²) in [4.78, 5) is 21.6. The molecule has 0 saturated heterocycles. The predicted molar refractivity (Wildman–Crippen MR) is 283 cm³/mol. The SMILES string of the molecule is CCCCC[C@@H]1C=C[C@@H](CCCC[C@H]2CC[C@@H](c3cc(CC)c(-c4cc(O)cc(O)c4Cc4ccc(C(C)C)cc4)[nH]3)[C@@H]3C[C@H](C4(c5ccnc(N)c5)CCCC4)C[C@@]3(O)CC[C@H](O)[C@H]2C(=O)O)[C@H](O)C1. The van der Waals surface area contributed by atoms with E-state index in [4.69, 9.17) is 5.73 Å². The van der Waals surface area contributed by atoms with Crippen LogP contribution < -0.4 is 5.73 Å². The summed E-state index contributed by atoms with van der Waals surface area (Å²) in [5, 5.41) is 70.1. The minimum Gasteiger partial charge on any atom is -0.508 e. The Kier molecular flexibility index (Phi) is 17.1. The molecule has 8 rings (SSSR count). The number of rotatable bonds is 18. The van der Waals surface area contributed by atoms with Crippen LogP contribution in [0.5, 0.6) is 11.5 Å². The number of aromatic nitrogens is 2. The minimum atomic E-state index is -1.18. The number of nitrogens with zero attached hydrogens (tertiary/aromatic N) is 1. The molecule has 10 atom stereocenters. The van der Waals surface area contributed by atoms with Crippen LogP contribution in [0.15, 0.2) is 72.9 Å². The number of fused-ring (bicyclic) bond motifs is 1. The zero-order valence-electron chi connectivity index (χ0n) is 43.2. The minimum absolute atomic E-state index is 0.0261. The van der Waals surface area contributed by atoms with E-state index in [0.717, 1.165) is 92.3 Å². The fourth-order valence-electron chi connectivity index (χ4n) is 14.3. The lowest BCUT2D eigenvalue weighted by Gasteiger charge is -2.40. The Morgan fingerprint density at radius 3 is 2.30 bits per heavy atom. The van der Waals surface area contributed by atoms with Crippen LogP contribution in [0, 0.1) is 35.5 Å². The van der Waals surface area contributed by atoms with E-state index in [1.54, 1.807) is 12.3 Å². The molecule has 0 radical (unpaired) electrons. The van der Waals surface area contributed by atoms with Crippen molar-refractivity contribution in [2.45, 2.75) is 198 Å². The van der Waals surface area contributed by atoms with Crippen molar-refractivity contribution in [2.75, 3.05) is 5.73 Å². The molecule has 2 heterocycles. The normalized spacial score (nSPS) is 28.8. The summed E-state index contributed by atoms with van der Waals surface area (Å²) in [5.41, 5.74) is 12.7. The molecule has 0 aliphatic heterocycles. The van der Waals surface area contributed by atoms with Crippen molar-refractivity contribution in [1.29, 1.82) is 0 Å². The number of aromatic hydroxyl groups is 2. The third-order valence-corrected chi connectivity index (χ3v) is 18.3. The molecule has 4 aromatic rings. The van der Waals surface area contributed by atoms with Crippen LogP contribution in [-0.4, -0.2) is 64.4 Å². The summed E-state index contributed by atoms with van der Waals surface area (Å²) in [6.07, 6.45) is 21.8. The Balaban J connectivity index is 1.14. The zero-order chi connectivity index (χ0) is 50.5. The highest BCUT2D eigenvalue weighted by atomic mass is 16.4. The Morgan fingerprint density at radius 1 is 0.859 bits per heavy atom. The molecule has 71 heavy (non-hydrogen) atoms. The van der Waals surface area contributed by atoms with E-state index >= 15 is 0 Å². The number of nitrogen functional groups attached to an aromatic ring is 1. The van der Waals surface area contributed by atoms with Crippen molar-refractivity contribution >= 4 is 11.8 Å². The fraction of sp³-hybridized carbons (Fsp3) is 0.607. The van der Waals surface area contributed by atoms with Crippen molar-refractivity contribution in [3.63, 3.8) is 0 Å². The van der Waals surface area contributed by atoms with Crippen LogP contribution in [0.1, 0.15) is 195 Å². The van der Waals surface area contributed by atoms with Gasteiger partial charge in [0.25, 0.3) is 0 Å². The van der Waals surface area contributed by atoms with E-state index in [1.165, 1.54) is 36.5 Å². The lowest BCUT2D eigenvalue weighted by atomic mass is 9.67. The lowest BCUT2D eigenvalue weighted by Crippen LogP contribution is -2.42. The van der Waals surface area contributed by atoms with Crippen molar-refractivity contribution < 1.29 is 35.4 Å². The van der Waals surface area contributed by atoms with Gasteiger partial charge >= 0.3 is 5.97 Å². The predicted octanol–water partition coefficient (Wildman–Crippen LogP) is 12.6. The molecular weight excluding hydrogens is 887 g/mol. The number of nitrogens with one attached hydrogen (secondary N) is 1. The van der Waals surface area contributed by atoms with Gasteiger partial charge in [0, 0.05) is 53.0 Å². The molecule has 4 aliphatic rings. The number of hydrogen-bond donors (Lipinski definition) is 8. The molecule has 386 valence electrons. The second-order valence-corrected chi connectivity index (χ2v) is 23.0. The molecule has 0 bridgehead atoms. The second kappa shape index (κ2) is 23.1. The zero-order valence-corrected chi connectivity index (χ0v) is 43.2. The number of phenols is 2. The molecule has 10 heteroatoms. The molecule has 0 unspecified atom stereocenters. The number of hydrogen-bond acceptors (Lipinski definition) is 8. The summed E-state index contributed by atoms with van der Waals surface area (Å²) in [6, 6.07) is 18.0. The Morgan fingerprint density at radius 2 is 1.61 bits per heavy atom. The number of nitrogens with two attached hydrogens (primary N) is 1. The maximum atomic E-state index is 13.4. The molecule has 9 N–H and O–H groups in total. The Bertz CT molecular complexity index is 2420. The summed E-state index contributed by atoms with van der Waals surface area (Å²) >= 11 is 0. The van der Waals surface area contributed by atoms with Gasteiger partial charge in [-0.1, -0.05) is 109 Å². The van der Waals surface area contributed by atoms with Gasteiger partial charge in [-0.3, -0.25) is 4.79 Å². The molecule has 0 spiro atoms. The Hall–Kier alpha value is -4.64. The molecule has 2 aromatic carbocycles. The first-order valence-electron chi connectivity index (χ1n) is 27.7.